The van der Waals surface area contributed by atoms with Crippen molar-refractivity contribution in [1.82, 2.24) is 0 Å². The highest BCUT2D eigenvalue weighted by Crippen LogP contribution is 2.30. The van der Waals surface area contributed by atoms with Crippen LogP contribution < -0.4 is 9.62 Å². The number of anilines is 2. The van der Waals surface area contributed by atoms with Crippen molar-refractivity contribution in [2.75, 3.05) is 16.2 Å². The second-order valence-corrected chi connectivity index (χ2v) is 7.47. The third kappa shape index (κ3) is 3.99. The van der Waals surface area contributed by atoms with Crippen LogP contribution in [-0.2, 0) is 14.8 Å². The fraction of sp³-hybridized carbons (Fsp3) is 0.235. The number of rotatable bonds is 6. The second kappa shape index (κ2) is 7.52. The van der Waals surface area contributed by atoms with Gasteiger partial charge in [0, 0.05) is 31.3 Å². The molecule has 0 atom stereocenters. The number of nitro benzene ring substituents is 1. The smallest absolute Gasteiger partial charge is 0.271 e. The van der Waals surface area contributed by atoms with E-state index in [0.29, 0.717) is 11.3 Å². The van der Waals surface area contributed by atoms with E-state index in [1.54, 1.807) is 13.8 Å². The van der Waals surface area contributed by atoms with Crippen molar-refractivity contribution in [3.05, 3.63) is 58.1 Å². The quantitative estimate of drug-likeness (QED) is 0.614. The molecule has 0 bridgehead atoms. The van der Waals surface area contributed by atoms with Gasteiger partial charge >= 0.3 is 0 Å². The van der Waals surface area contributed by atoms with Crippen LogP contribution in [-0.4, -0.2) is 25.8 Å². The molecule has 0 aliphatic carbocycles. The van der Waals surface area contributed by atoms with Gasteiger partial charge in [-0.1, -0.05) is 6.07 Å². The number of sulfonamides is 1. The highest BCUT2D eigenvalue weighted by molar-refractivity contribution is 7.92. The lowest BCUT2D eigenvalue weighted by Gasteiger charge is -2.24. The first-order valence-corrected chi connectivity index (χ1v) is 9.26. The van der Waals surface area contributed by atoms with Crippen molar-refractivity contribution in [1.29, 1.82) is 0 Å². The van der Waals surface area contributed by atoms with Gasteiger partial charge < -0.3 is 5.32 Å². The Hall–Kier alpha value is -2.94. The number of nitro groups is 1. The Bertz CT molecular complexity index is 939. The zero-order chi connectivity index (χ0) is 19.5. The minimum absolute atomic E-state index is 0.0272. The summed E-state index contributed by atoms with van der Waals surface area (Å²) < 4.78 is 27.1. The van der Waals surface area contributed by atoms with Crippen molar-refractivity contribution >= 4 is 33.0 Å². The Morgan fingerprint density at radius 3 is 2.31 bits per heavy atom. The fourth-order valence-corrected chi connectivity index (χ4v) is 4.02. The molecule has 0 aliphatic rings. The molecule has 1 N–H and O–H groups in total. The molecule has 0 unspecified atom stereocenters. The van der Waals surface area contributed by atoms with E-state index in [4.69, 9.17) is 0 Å². The standard InChI is InChI=1S/C17H19N3O5S/c1-4-19(17-11-15(20(22)23)8-5-12(17)2)26(24,25)16-9-6-14(7-10-16)18-13(3)21/h5-11H,4H2,1-3H3,(H,18,21). The maximum Gasteiger partial charge on any atom is 0.271 e. The summed E-state index contributed by atoms with van der Waals surface area (Å²) >= 11 is 0. The summed E-state index contributed by atoms with van der Waals surface area (Å²) in [4.78, 5) is 21.6. The van der Waals surface area contributed by atoms with Crippen LogP contribution in [0.3, 0.4) is 0 Å². The van der Waals surface area contributed by atoms with E-state index in [-0.39, 0.29) is 28.7 Å². The summed E-state index contributed by atoms with van der Waals surface area (Å²) in [6.45, 7) is 4.81. The second-order valence-electron chi connectivity index (χ2n) is 5.60. The Morgan fingerprint density at radius 2 is 1.81 bits per heavy atom. The minimum Gasteiger partial charge on any atom is -0.326 e. The van der Waals surface area contributed by atoms with E-state index in [9.17, 15) is 23.3 Å². The maximum absolute atomic E-state index is 13.0. The van der Waals surface area contributed by atoms with E-state index >= 15 is 0 Å². The molecule has 0 radical (unpaired) electrons. The third-order valence-corrected chi connectivity index (χ3v) is 5.63. The number of benzene rings is 2. The molecule has 1 amide bonds. The number of nitrogens with zero attached hydrogens (tertiary/aromatic N) is 2. The van der Waals surface area contributed by atoms with Gasteiger partial charge in [-0.3, -0.25) is 19.2 Å². The molecule has 138 valence electrons. The summed E-state index contributed by atoms with van der Waals surface area (Å²) in [5, 5.41) is 13.6. The minimum atomic E-state index is -3.92. The highest BCUT2D eigenvalue weighted by Gasteiger charge is 2.26. The molecule has 2 aromatic carbocycles. The lowest BCUT2D eigenvalue weighted by atomic mass is 10.2. The van der Waals surface area contributed by atoms with Crippen molar-refractivity contribution < 1.29 is 18.1 Å². The number of non-ortho nitro benzene ring substituents is 1. The highest BCUT2D eigenvalue weighted by atomic mass is 32.2. The van der Waals surface area contributed by atoms with Crippen LogP contribution in [0.15, 0.2) is 47.4 Å². The van der Waals surface area contributed by atoms with Gasteiger partial charge in [0.15, 0.2) is 0 Å². The Kier molecular flexibility index (Phi) is 5.61. The number of hydrogen-bond acceptors (Lipinski definition) is 5. The monoisotopic (exact) mass is 377 g/mol. The van der Waals surface area contributed by atoms with Gasteiger partial charge in [0.2, 0.25) is 5.91 Å². The largest absolute Gasteiger partial charge is 0.326 e. The zero-order valence-corrected chi connectivity index (χ0v) is 15.4. The number of nitrogens with one attached hydrogen (secondary N) is 1. The molecule has 0 spiro atoms. The molecule has 9 heteroatoms. The zero-order valence-electron chi connectivity index (χ0n) is 14.6. The lowest BCUT2D eigenvalue weighted by molar-refractivity contribution is -0.384. The number of carbonyl (C=O) groups is 1. The van der Waals surface area contributed by atoms with Crippen LogP contribution in [0, 0.1) is 17.0 Å². The van der Waals surface area contributed by atoms with Gasteiger partial charge in [-0.2, -0.15) is 0 Å². The topological polar surface area (TPSA) is 110 Å². The van der Waals surface area contributed by atoms with Crippen LogP contribution in [0.1, 0.15) is 19.4 Å². The Morgan fingerprint density at radius 1 is 1.19 bits per heavy atom. The van der Waals surface area contributed by atoms with Gasteiger partial charge in [0.05, 0.1) is 15.5 Å². The molecule has 0 saturated carbocycles. The first-order chi connectivity index (χ1) is 12.2. The van der Waals surface area contributed by atoms with Gasteiger partial charge in [0.25, 0.3) is 15.7 Å². The fourth-order valence-electron chi connectivity index (χ4n) is 2.49. The van der Waals surface area contributed by atoms with Crippen molar-refractivity contribution in [3.8, 4) is 0 Å². The number of amides is 1. The molecule has 0 heterocycles. The van der Waals surface area contributed by atoms with Gasteiger partial charge in [-0.25, -0.2) is 8.42 Å². The van der Waals surface area contributed by atoms with E-state index < -0.39 is 14.9 Å². The maximum atomic E-state index is 13.0. The number of hydrogen-bond donors (Lipinski definition) is 1. The van der Waals surface area contributed by atoms with Crippen LogP contribution in [0.4, 0.5) is 17.1 Å². The van der Waals surface area contributed by atoms with Gasteiger partial charge in [0.1, 0.15) is 0 Å². The molecular weight excluding hydrogens is 358 g/mol. The third-order valence-electron chi connectivity index (χ3n) is 3.72. The van der Waals surface area contributed by atoms with Crippen molar-refractivity contribution in [2.24, 2.45) is 0 Å². The molecule has 0 aliphatic heterocycles. The summed E-state index contributed by atoms with van der Waals surface area (Å²) in [7, 11) is -3.92. The average molecular weight is 377 g/mol. The van der Waals surface area contributed by atoms with E-state index in [2.05, 4.69) is 5.32 Å². The predicted molar refractivity (Wildman–Crippen MR) is 98.8 cm³/mol. The first kappa shape index (κ1) is 19.4. The van der Waals surface area contributed by atoms with E-state index in [0.717, 1.165) is 4.31 Å². The van der Waals surface area contributed by atoms with E-state index in [1.807, 2.05) is 0 Å². The molecule has 0 aromatic heterocycles. The molecule has 0 saturated heterocycles. The summed E-state index contributed by atoms with van der Waals surface area (Å²) in [5.41, 5.74) is 1.16. The molecule has 26 heavy (non-hydrogen) atoms. The SMILES string of the molecule is CCN(c1cc([N+](=O)[O-])ccc1C)S(=O)(=O)c1ccc(NC(C)=O)cc1. The molecule has 2 aromatic rings. The summed E-state index contributed by atoms with van der Waals surface area (Å²) in [6, 6.07) is 9.85. The van der Waals surface area contributed by atoms with Crippen LogP contribution in [0.25, 0.3) is 0 Å². The van der Waals surface area contributed by atoms with Crippen LogP contribution in [0.5, 0.6) is 0 Å². The normalized spacial score (nSPS) is 11.0. The Balaban J connectivity index is 2.47. The molecular formula is C17H19N3O5S. The van der Waals surface area contributed by atoms with E-state index in [1.165, 1.54) is 49.4 Å². The molecule has 2 rings (SSSR count). The average Bonchev–Trinajstić information content (AvgIpc) is 2.56. The predicted octanol–water partition coefficient (Wildman–Crippen LogP) is 3.08. The first-order valence-electron chi connectivity index (χ1n) is 7.82. The summed E-state index contributed by atoms with van der Waals surface area (Å²) in [6.07, 6.45) is 0. The Labute approximate surface area is 151 Å². The lowest BCUT2D eigenvalue weighted by Crippen LogP contribution is -2.31. The van der Waals surface area contributed by atoms with Crippen molar-refractivity contribution in [3.63, 3.8) is 0 Å². The molecule has 0 fully saturated rings. The number of aryl methyl sites for hydroxylation is 1. The molecule has 8 nitrogen and oxygen atoms in total. The number of carbonyl (C=O) groups excluding carboxylic acids is 1. The van der Waals surface area contributed by atoms with Crippen LogP contribution in [0.2, 0.25) is 0 Å². The summed E-state index contributed by atoms with van der Waals surface area (Å²) in [5.74, 6) is -0.261. The van der Waals surface area contributed by atoms with Crippen LogP contribution >= 0.6 is 0 Å². The van der Waals surface area contributed by atoms with Gasteiger partial charge in [-0.05, 0) is 43.7 Å². The van der Waals surface area contributed by atoms with Crippen molar-refractivity contribution in [2.45, 2.75) is 25.7 Å². The van der Waals surface area contributed by atoms with Gasteiger partial charge in [-0.15, -0.1) is 0 Å².